The van der Waals surface area contributed by atoms with Gasteiger partial charge in [0, 0.05) is 12.3 Å². The van der Waals surface area contributed by atoms with Gasteiger partial charge in [-0.25, -0.2) is 4.98 Å². The number of amides is 1. The highest BCUT2D eigenvalue weighted by atomic mass is 16.2. The van der Waals surface area contributed by atoms with Crippen LogP contribution in [0, 0.1) is 0 Å². The summed E-state index contributed by atoms with van der Waals surface area (Å²) in [6.07, 6.45) is 0.248. The Kier molecular flexibility index (Phi) is 2.82. The Labute approximate surface area is 142 Å². The van der Waals surface area contributed by atoms with Gasteiger partial charge in [-0.2, -0.15) is 0 Å². The molecule has 5 rings (SSSR count). The molecule has 122 valence electrons. The summed E-state index contributed by atoms with van der Waals surface area (Å²) in [5.74, 6) is 0.557. The van der Waals surface area contributed by atoms with Gasteiger partial charge in [-0.3, -0.25) is 19.0 Å². The first-order chi connectivity index (χ1) is 12.2. The van der Waals surface area contributed by atoms with Gasteiger partial charge in [0.15, 0.2) is 0 Å². The summed E-state index contributed by atoms with van der Waals surface area (Å²) in [4.78, 5) is 32.5. The topological polar surface area (TPSA) is 79.3 Å². The van der Waals surface area contributed by atoms with E-state index in [1.165, 1.54) is 0 Å². The van der Waals surface area contributed by atoms with E-state index >= 15 is 0 Å². The van der Waals surface area contributed by atoms with E-state index in [1.54, 1.807) is 0 Å². The fourth-order valence-electron chi connectivity index (χ4n) is 3.62. The van der Waals surface area contributed by atoms with Crippen molar-refractivity contribution in [3.63, 3.8) is 0 Å². The summed E-state index contributed by atoms with van der Waals surface area (Å²) in [6, 6.07) is 17.3. The van der Waals surface area contributed by atoms with Crippen LogP contribution in [0.2, 0.25) is 0 Å². The molecule has 0 spiro atoms. The van der Waals surface area contributed by atoms with Crippen LogP contribution in [-0.4, -0.2) is 20.3 Å². The van der Waals surface area contributed by atoms with Gasteiger partial charge in [-0.15, -0.1) is 0 Å². The lowest BCUT2D eigenvalue weighted by atomic mass is 9.87. The Morgan fingerprint density at radius 2 is 1.76 bits per heavy atom. The van der Waals surface area contributed by atoms with E-state index in [0.29, 0.717) is 17.2 Å². The summed E-state index contributed by atoms with van der Waals surface area (Å²) in [6.45, 7) is 0. The molecule has 6 heteroatoms. The molecule has 25 heavy (non-hydrogen) atoms. The van der Waals surface area contributed by atoms with Crippen LogP contribution >= 0.6 is 0 Å². The Balaban J connectivity index is 1.89. The van der Waals surface area contributed by atoms with Crippen molar-refractivity contribution in [1.82, 2.24) is 14.4 Å². The molecule has 2 aromatic carbocycles. The molecule has 4 aromatic rings. The smallest absolute Gasteiger partial charge is 0.258 e. The van der Waals surface area contributed by atoms with Gasteiger partial charge < -0.3 is 5.32 Å². The van der Waals surface area contributed by atoms with E-state index in [4.69, 9.17) is 0 Å². The minimum Gasteiger partial charge on any atom is -0.311 e. The third-order valence-electron chi connectivity index (χ3n) is 4.71. The molecule has 1 aliphatic heterocycles. The minimum absolute atomic E-state index is 0.106. The number of aromatic nitrogens is 3. The number of anilines is 1. The largest absolute Gasteiger partial charge is 0.311 e. The number of H-pyrrole nitrogens is 1. The number of aromatic amines is 1. The van der Waals surface area contributed by atoms with Crippen LogP contribution in [0.15, 0.2) is 59.4 Å². The molecule has 1 atom stereocenters. The van der Waals surface area contributed by atoms with Gasteiger partial charge in [0.25, 0.3) is 5.56 Å². The normalized spacial score (nSPS) is 16.8. The molecule has 0 unspecified atom stereocenters. The summed E-state index contributed by atoms with van der Waals surface area (Å²) < 4.78 is 1.82. The van der Waals surface area contributed by atoms with Gasteiger partial charge in [0.05, 0.1) is 16.6 Å². The fraction of sp³-hybridized carbons (Fsp3) is 0.105. The second kappa shape index (κ2) is 5.04. The number of nitrogens with zero attached hydrogens (tertiary/aromatic N) is 2. The van der Waals surface area contributed by atoms with Crippen LogP contribution in [0.3, 0.4) is 0 Å². The van der Waals surface area contributed by atoms with Crippen LogP contribution in [0.5, 0.6) is 0 Å². The quantitative estimate of drug-likeness (QED) is 0.563. The summed E-state index contributed by atoms with van der Waals surface area (Å²) in [5.41, 5.74) is 2.92. The Morgan fingerprint density at radius 3 is 2.60 bits per heavy atom. The van der Waals surface area contributed by atoms with Crippen molar-refractivity contribution in [2.24, 2.45) is 0 Å². The molecule has 2 aromatic heterocycles. The van der Waals surface area contributed by atoms with Crippen molar-refractivity contribution in [2.45, 2.75) is 12.3 Å². The lowest BCUT2D eigenvalue weighted by Crippen LogP contribution is -2.32. The zero-order valence-corrected chi connectivity index (χ0v) is 13.2. The Hall–Kier alpha value is -3.41. The van der Waals surface area contributed by atoms with Crippen molar-refractivity contribution in [3.05, 3.63) is 76.1 Å². The van der Waals surface area contributed by atoms with Crippen LogP contribution in [0.1, 0.15) is 23.5 Å². The number of hydrogen-bond acceptors (Lipinski definition) is 3. The molecular formula is C19H14N4O2. The van der Waals surface area contributed by atoms with Crippen LogP contribution in [0.4, 0.5) is 5.82 Å². The van der Waals surface area contributed by atoms with Crippen LogP contribution in [0.25, 0.3) is 16.8 Å². The molecule has 0 bridgehead atoms. The standard InChI is InChI=1S/C19H14N4O2/c24-15-10-12(11-6-2-1-3-7-11)16-17(21-15)23-14-9-5-4-8-13(14)20-19(23)22-18(16)25/h1-9,12H,10H2,(H,21,24)(H,20,22,25)/t12-/m0/s1. The first kappa shape index (κ1) is 14.0. The lowest BCUT2D eigenvalue weighted by Gasteiger charge is -2.25. The van der Waals surface area contributed by atoms with Crippen molar-refractivity contribution < 1.29 is 4.79 Å². The maximum absolute atomic E-state index is 12.8. The molecule has 1 aliphatic rings. The third kappa shape index (κ3) is 2.00. The zero-order valence-electron chi connectivity index (χ0n) is 13.2. The fourth-order valence-corrected chi connectivity index (χ4v) is 3.62. The highest BCUT2D eigenvalue weighted by molar-refractivity contribution is 5.96. The van der Waals surface area contributed by atoms with Crippen molar-refractivity contribution in [2.75, 3.05) is 5.32 Å². The van der Waals surface area contributed by atoms with E-state index in [1.807, 2.05) is 59.0 Å². The molecule has 0 saturated carbocycles. The number of fused-ring (bicyclic) bond motifs is 5. The molecule has 0 saturated heterocycles. The predicted molar refractivity (Wildman–Crippen MR) is 94.9 cm³/mol. The molecule has 1 amide bonds. The predicted octanol–water partition coefficient (Wildman–Crippen LogP) is 2.65. The number of carbonyl (C=O) groups excluding carboxylic acids is 1. The lowest BCUT2D eigenvalue weighted by molar-refractivity contribution is -0.116. The van der Waals surface area contributed by atoms with E-state index in [9.17, 15) is 9.59 Å². The number of benzene rings is 2. The van der Waals surface area contributed by atoms with E-state index < -0.39 is 0 Å². The number of nitrogens with one attached hydrogen (secondary N) is 2. The summed E-state index contributed by atoms with van der Waals surface area (Å²) in [5, 5.41) is 2.89. The summed E-state index contributed by atoms with van der Waals surface area (Å²) >= 11 is 0. The summed E-state index contributed by atoms with van der Waals surface area (Å²) in [7, 11) is 0. The second-order valence-electron chi connectivity index (χ2n) is 6.19. The number of para-hydroxylation sites is 2. The van der Waals surface area contributed by atoms with Gasteiger partial charge in [-0.05, 0) is 17.7 Å². The van der Waals surface area contributed by atoms with Gasteiger partial charge >= 0.3 is 0 Å². The van der Waals surface area contributed by atoms with Crippen molar-refractivity contribution >= 4 is 28.5 Å². The Bertz CT molecular complexity index is 1190. The van der Waals surface area contributed by atoms with Gasteiger partial charge in [-0.1, -0.05) is 42.5 Å². The number of carbonyl (C=O) groups is 1. The number of rotatable bonds is 1. The first-order valence-electron chi connectivity index (χ1n) is 8.10. The van der Waals surface area contributed by atoms with Gasteiger partial charge in [0.1, 0.15) is 5.82 Å². The second-order valence-corrected chi connectivity index (χ2v) is 6.19. The van der Waals surface area contributed by atoms with E-state index in [-0.39, 0.29) is 23.8 Å². The van der Waals surface area contributed by atoms with Crippen LogP contribution < -0.4 is 10.9 Å². The highest BCUT2D eigenvalue weighted by Crippen LogP contribution is 2.35. The van der Waals surface area contributed by atoms with Crippen LogP contribution in [-0.2, 0) is 4.79 Å². The number of hydrogen-bond donors (Lipinski definition) is 2. The minimum atomic E-state index is -0.278. The average molecular weight is 330 g/mol. The zero-order chi connectivity index (χ0) is 17.0. The maximum atomic E-state index is 12.8. The Morgan fingerprint density at radius 1 is 1.00 bits per heavy atom. The average Bonchev–Trinajstić information content (AvgIpc) is 3.00. The van der Waals surface area contributed by atoms with Crippen molar-refractivity contribution in [1.29, 1.82) is 0 Å². The molecule has 3 heterocycles. The molecule has 2 N–H and O–H groups in total. The third-order valence-corrected chi connectivity index (χ3v) is 4.71. The number of imidazole rings is 1. The highest BCUT2D eigenvalue weighted by Gasteiger charge is 2.31. The molecule has 0 radical (unpaired) electrons. The monoisotopic (exact) mass is 330 g/mol. The molecule has 0 fully saturated rings. The molecular weight excluding hydrogens is 316 g/mol. The van der Waals surface area contributed by atoms with Crippen molar-refractivity contribution in [3.8, 4) is 0 Å². The van der Waals surface area contributed by atoms with Gasteiger partial charge in [0.2, 0.25) is 11.7 Å². The molecule has 6 nitrogen and oxygen atoms in total. The first-order valence-corrected chi connectivity index (χ1v) is 8.10. The van der Waals surface area contributed by atoms with E-state index in [2.05, 4.69) is 15.3 Å². The maximum Gasteiger partial charge on any atom is 0.258 e. The SMILES string of the molecule is O=C1C[C@@H](c2ccccc2)c2c(n3c(nc4ccccc43)[nH]c2=O)N1. The van der Waals surface area contributed by atoms with E-state index in [0.717, 1.165) is 16.6 Å². The molecule has 0 aliphatic carbocycles.